The third kappa shape index (κ3) is 2.75. The Balaban J connectivity index is 2.47. The van der Waals surface area contributed by atoms with E-state index in [1.807, 2.05) is 6.92 Å². The molecule has 0 saturated heterocycles. The average Bonchev–Trinajstić information content (AvgIpc) is 2.48. The molecule has 0 amide bonds. The van der Waals surface area contributed by atoms with Crippen LogP contribution in [0.4, 0.5) is 4.39 Å². The van der Waals surface area contributed by atoms with Gasteiger partial charge in [0.1, 0.15) is 17.3 Å². The van der Waals surface area contributed by atoms with Gasteiger partial charge in [-0.25, -0.2) is 4.39 Å². The molecule has 2 N–H and O–H groups in total. The summed E-state index contributed by atoms with van der Waals surface area (Å²) in [6.45, 7) is 1.90. The second-order valence-corrected chi connectivity index (χ2v) is 4.61. The first-order chi connectivity index (χ1) is 9.56. The minimum Gasteiger partial charge on any atom is -0.497 e. The summed E-state index contributed by atoms with van der Waals surface area (Å²) in [5.74, 6) is 0.932. The van der Waals surface area contributed by atoms with Gasteiger partial charge in [0.2, 0.25) is 0 Å². The normalized spacial score (nSPS) is 12.1. The summed E-state index contributed by atoms with van der Waals surface area (Å²) in [5.41, 5.74) is 8.33. The number of benzene rings is 2. The minimum absolute atomic E-state index is 0.319. The monoisotopic (exact) mass is 275 g/mol. The maximum atomic E-state index is 13.9. The lowest BCUT2D eigenvalue weighted by Gasteiger charge is -2.18. The van der Waals surface area contributed by atoms with Crippen molar-refractivity contribution >= 4 is 0 Å². The Bertz CT molecular complexity index is 613. The Morgan fingerprint density at radius 2 is 1.75 bits per heavy atom. The molecule has 2 rings (SSSR count). The van der Waals surface area contributed by atoms with E-state index in [0.29, 0.717) is 17.1 Å². The van der Waals surface area contributed by atoms with Gasteiger partial charge in [-0.3, -0.25) is 0 Å². The number of aryl methyl sites for hydroxylation is 1. The van der Waals surface area contributed by atoms with Gasteiger partial charge in [-0.15, -0.1) is 0 Å². The topological polar surface area (TPSA) is 44.5 Å². The van der Waals surface area contributed by atoms with Crippen LogP contribution in [-0.4, -0.2) is 14.2 Å². The smallest absolute Gasteiger partial charge is 0.128 e. The van der Waals surface area contributed by atoms with Gasteiger partial charge in [-0.1, -0.05) is 17.7 Å². The molecule has 0 saturated carbocycles. The highest BCUT2D eigenvalue weighted by Crippen LogP contribution is 2.32. The first-order valence-corrected chi connectivity index (χ1v) is 6.30. The quantitative estimate of drug-likeness (QED) is 0.932. The number of halogens is 1. The third-order valence-electron chi connectivity index (χ3n) is 3.26. The van der Waals surface area contributed by atoms with Crippen LogP contribution in [0.15, 0.2) is 36.4 Å². The highest BCUT2D eigenvalue weighted by molar-refractivity contribution is 5.46. The van der Waals surface area contributed by atoms with Gasteiger partial charge in [-0.2, -0.15) is 0 Å². The van der Waals surface area contributed by atoms with Crippen LogP contribution >= 0.6 is 0 Å². The minimum atomic E-state index is -0.587. The number of nitrogens with two attached hydrogens (primary N) is 1. The van der Waals surface area contributed by atoms with Crippen LogP contribution in [0.25, 0.3) is 0 Å². The highest BCUT2D eigenvalue weighted by Gasteiger charge is 2.18. The maximum Gasteiger partial charge on any atom is 0.128 e. The second kappa shape index (κ2) is 5.92. The number of hydrogen-bond acceptors (Lipinski definition) is 3. The summed E-state index contributed by atoms with van der Waals surface area (Å²) < 4.78 is 24.4. The first kappa shape index (κ1) is 14.3. The molecule has 0 fully saturated rings. The van der Waals surface area contributed by atoms with Gasteiger partial charge in [0.05, 0.1) is 20.3 Å². The Hall–Kier alpha value is -2.07. The van der Waals surface area contributed by atoms with Crippen LogP contribution in [0.1, 0.15) is 22.7 Å². The molecule has 1 unspecified atom stereocenters. The van der Waals surface area contributed by atoms with E-state index >= 15 is 0 Å². The Morgan fingerprint density at radius 3 is 2.40 bits per heavy atom. The van der Waals surface area contributed by atoms with Crippen molar-refractivity contribution in [3.8, 4) is 11.5 Å². The van der Waals surface area contributed by atoms with Crippen molar-refractivity contribution in [1.82, 2.24) is 0 Å². The standard InChI is InChI=1S/C16H18FNO2/c1-10-4-7-14(17)13(8-10)16(18)12-6-5-11(19-2)9-15(12)20-3/h4-9,16H,18H2,1-3H3. The summed E-state index contributed by atoms with van der Waals surface area (Å²) >= 11 is 0. The van der Waals surface area contributed by atoms with Crippen LogP contribution in [0, 0.1) is 12.7 Å². The fraction of sp³-hybridized carbons (Fsp3) is 0.250. The molecule has 4 heteroatoms. The van der Waals surface area contributed by atoms with E-state index < -0.39 is 6.04 Å². The SMILES string of the molecule is COc1ccc(C(N)c2cc(C)ccc2F)c(OC)c1. The summed E-state index contributed by atoms with van der Waals surface area (Å²) in [6.07, 6.45) is 0. The zero-order valence-corrected chi connectivity index (χ0v) is 11.8. The number of ether oxygens (including phenoxy) is 2. The Labute approximate surface area is 118 Å². The Morgan fingerprint density at radius 1 is 1.00 bits per heavy atom. The van der Waals surface area contributed by atoms with Gasteiger partial charge in [0.15, 0.2) is 0 Å². The molecule has 3 nitrogen and oxygen atoms in total. The molecule has 0 aliphatic carbocycles. The van der Waals surface area contributed by atoms with Crippen molar-refractivity contribution in [2.24, 2.45) is 5.73 Å². The lowest BCUT2D eigenvalue weighted by molar-refractivity contribution is 0.389. The highest BCUT2D eigenvalue weighted by atomic mass is 19.1. The summed E-state index contributed by atoms with van der Waals surface area (Å²) in [7, 11) is 3.13. The molecule has 0 heterocycles. The number of rotatable bonds is 4. The molecule has 0 aliphatic rings. The van der Waals surface area contributed by atoms with Crippen molar-refractivity contribution in [2.75, 3.05) is 14.2 Å². The molecular formula is C16H18FNO2. The van der Waals surface area contributed by atoms with E-state index in [9.17, 15) is 4.39 Å². The van der Waals surface area contributed by atoms with E-state index in [0.717, 1.165) is 11.1 Å². The largest absolute Gasteiger partial charge is 0.497 e. The molecule has 0 aromatic heterocycles. The van der Waals surface area contributed by atoms with Crippen molar-refractivity contribution in [2.45, 2.75) is 13.0 Å². The van der Waals surface area contributed by atoms with Gasteiger partial charge < -0.3 is 15.2 Å². The van der Waals surface area contributed by atoms with E-state index in [-0.39, 0.29) is 5.82 Å². The van der Waals surface area contributed by atoms with Crippen molar-refractivity contribution < 1.29 is 13.9 Å². The van der Waals surface area contributed by atoms with Gasteiger partial charge in [0.25, 0.3) is 0 Å². The summed E-state index contributed by atoms with van der Waals surface area (Å²) in [5, 5.41) is 0. The number of methoxy groups -OCH3 is 2. The molecule has 0 bridgehead atoms. The molecule has 1 atom stereocenters. The van der Waals surface area contributed by atoms with Crippen LogP contribution in [-0.2, 0) is 0 Å². The van der Waals surface area contributed by atoms with Crippen LogP contribution < -0.4 is 15.2 Å². The van der Waals surface area contributed by atoms with Gasteiger partial charge in [-0.05, 0) is 25.1 Å². The fourth-order valence-electron chi connectivity index (χ4n) is 2.14. The van der Waals surface area contributed by atoms with E-state index in [1.54, 1.807) is 44.6 Å². The predicted octanol–water partition coefficient (Wildman–Crippen LogP) is 3.20. The third-order valence-corrected chi connectivity index (χ3v) is 3.26. The van der Waals surface area contributed by atoms with Crippen molar-refractivity contribution in [3.63, 3.8) is 0 Å². The molecule has 2 aromatic carbocycles. The van der Waals surface area contributed by atoms with E-state index in [1.165, 1.54) is 6.07 Å². The van der Waals surface area contributed by atoms with E-state index in [4.69, 9.17) is 15.2 Å². The van der Waals surface area contributed by atoms with Gasteiger partial charge in [0, 0.05) is 17.2 Å². The lowest BCUT2D eigenvalue weighted by Crippen LogP contribution is -2.15. The van der Waals surface area contributed by atoms with Crippen molar-refractivity contribution in [3.05, 3.63) is 58.9 Å². The van der Waals surface area contributed by atoms with Crippen LogP contribution in [0.2, 0.25) is 0 Å². The molecule has 0 radical (unpaired) electrons. The zero-order valence-electron chi connectivity index (χ0n) is 11.8. The Kier molecular flexibility index (Phi) is 4.25. The lowest BCUT2D eigenvalue weighted by atomic mass is 9.96. The number of hydrogen-bond donors (Lipinski definition) is 1. The second-order valence-electron chi connectivity index (χ2n) is 4.61. The molecule has 20 heavy (non-hydrogen) atoms. The van der Waals surface area contributed by atoms with Crippen LogP contribution in [0.5, 0.6) is 11.5 Å². The average molecular weight is 275 g/mol. The van der Waals surface area contributed by atoms with Crippen LogP contribution in [0.3, 0.4) is 0 Å². The molecular weight excluding hydrogens is 257 g/mol. The first-order valence-electron chi connectivity index (χ1n) is 6.30. The fourth-order valence-corrected chi connectivity index (χ4v) is 2.14. The molecule has 0 spiro atoms. The summed E-state index contributed by atoms with van der Waals surface area (Å²) in [4.78, 5) is 0. The zero-order chi connectivity index (χ0) is 14.7. The van der Waals surface area contributed by atoms with E-state index in [2.05, 4.69) is 0 Å². The summed E-state index contributed by atoms with van der Waals surface area (Å²) in [6, 6.07) is 9.63. The molecule has 0 aliphatic heterocycles. The van der Waals surface area contributed by atoms with Gasteiger partial charge >= 0.3 is 0 Å². The maximum absolute atomic E-state index is 13.9. The van der Waals surface area contributed by atoms with Crippen molar-refractivity contribution in [1.29, 1.82) is 0 Å². The molecule has 2 aromatic rings. The predicted molar refractivity (Wildman–Crippen MR) is 76.7 cm³/mol. The molecule has 106 valence electrons.